The van der Waals surface area contributed by atoms with Gasteiger partial charge in [0.1, 0.15) is 5.75 Å². The zero-order chi connectivity index (χ0) is 12.8. The van der Waals surface area contributed by atoms with Crippen molar-refractivity contribution in [3.8, 4) is 5.75 Å². The summed E-state index contributed by atoms with van der Waals surface area (Å²) < 4.78 is 10.8. The quantitative estimate of drug-likeness (QED) is 0.842. The predicted octanol–water partition coefficient (Wildman–Crippen LogP) is 2.38. The first-order valence-corrected chi connectivity index (χ1v) is 6.76. The van der Waals surface area contributed by atoms with Crippen LogP contribution in [0.15, 0.2) is 24.3 Å². The lowest BCUT2D eigenvalue weighted by atomic mass is 9.93. The van der Waals surface area contributed by atoms with Crippen molar-refractivity contribution >= 4 is 0 Å². The second kappa shape index (κ2) is 6.76. The van der Waals surface area contributed by atoms with Crippen LogP contribution in [0.4, 0.5) is 0 Å². The van der Waals surface area contributed by atoms with E-state index in [9.17, 15) is 0 Å². The lowest BCUT2D eigenvalue weighted by Crippen LogP contribution is -2.22. The van der Waals surface area contributed by atoms with Crippen LogP contribution in [-0.2, 0) is 11.2 Å². The average molecular weight is 249 g/mol. The second-order valence-corrected chi connectivity index (χ2v) is 5.02. The van der Waals surface area contributed by atoms with Gasteiger partial charge in [0.15, 0.2) is 0 Å². The monoisotopic (exact) mass is 249 g/mol. The maximum atomic E-state index is 5.87. The van der Waals surface area contributed by atoms with Gasteiger partial charge in [-0.1, -0.05) is 12.1 Å². The highest BCUT2D eigenvalue weighted by Crippen LogP contribution is 2.22. The number of ether oxygens (including phenoxy) is 2. The van der Waals surface area contributed by atoms with Crippen molar-refractivity contribution < 1.29 is 9.47 Å². The molecular formula is C15H23NO2. The molecule has 0 amide bonds. The molecule has 1 heterocycles. The Morgan fingerprint density at radius 3 is 2.72 bits per heavy atom. The first-order chi connectivity index (χ1) is 8.81. The molecule has 0 aromatic heterocycles. The van der Waals surface area contributed by atoms with Crippen LogP contribution >= 0.6 is 0 Å². The predicted molar refractivity (Wildman–Crippen MR) is 72.8 cm³/mol. The van der Waals surface area contributed by atoms with Crippen molar-refractivity contribution in [3.63, 3.8) is 0 Å². The standard InChI is InChI=1S/C15H23NO2/c1-17-14-6-4-12(5-7-14)9-13(11-16)10-15-3-2-8-18-15/h4-7,13,15H,2-3,8-11,16H2,1H3. The van der Waals surface area contributed by atoms with Gasteiger partial charge in [0.25, 0.3) is 0 Å². The highest BCUT2D eigenvalue weighted by atomic mass is 16.5. The van der Waals surface area contributed by atoms with Gasteiger partial charge in [0.2, 0.25) is 0 Å². The minimum Gasteiger partial charge on any atom is -0.497 e. The summed E-state index contributed by atoms with van der Waals surface area (Å²) in [5, 5.41) is 0. The Hall–Kier alpha value is -1.06. The molecule has 0 spiro atoms. The summed E-state index contributed by atoms with van der Waals surface area (Å²) in [7, 11) is 1.69. The van der Waals surface area contributed by atoms with Gasteiger partial charge in [-0.25, -0.2) is 0 Å². The summed E-state index contributed by atoms with van der Waals surface area (Å²) in [6.45, 7) is 1.65. The Morgan fingerprint density at radius 1 is 1.39 bits per heavy atom. The fraction of sp³-hybridized carbons (Fsp3) is 0.600. The molecule has 0 aliphatic carbocycles. The molecule has 2 unspecified atom stereocenters. The molecule has 0 bridgehead atoms. The van der Waals surface area contributed by atoms with Crippen LogP contribution in [0, 0.1) is 5.92 Å². The molecule has 1 aliphatic heterocycles. The molecule has 1 fully saturated rings. The number of benzene rings is 1. The molecule has 1 aromatic carbocycles. The number of rotatable bonds is 6. The summed E-state index contributed by atoms with van der Waals surface area (Å²) in [6, 6.07) is 8.26. The number of hydrogen-bond acceptors (Lipinski definition) is 3. The third kappa shape index (κ3) is 3.72. The van der Waals surface area contributed by atoms with Gasteiger partial charge in [0, 0.05) is 6.61 Å². The topological polar surface area (TPSA) is 44.5 Å². The molecule has 1 aromatic rings. The molecule has 18 heavy (non-hydrogen) atoms. The molecule has 0 radical (unpaired) electrons. The van der Waals surface area contributed by atoms with Crippen LogP contribution in [0.5, 0.6) is 5.75 Å². The molecule has 2 rings (SSSR count). The highest BCUT2D eigenvalue weighted by Gasteiger charge is 2.20. The first-order valence-electron chi connectivity index (χ1n) is 6.76. The van der Waals surface area contributed by atoms with Gasteiger partial charge in [0.05, 0.1) is 13.2 Å². The smallest absolute Gasteiger partial charge is 0.118 e. The van der Waals surface area contributed by atoms with Crippen molar-refractivity contribution in [2.24, 2.45) is 11.7 Å². The fourth-order valence-corrected chi connectivity index (χ4v) is 2.56. The summed E-state index contributed by atoms with van der Waals surface area (Å²) in [6.07, 6.45) is 4.93. The van der Waals surface area contributed by atoms with E-state index in [4.69, 9.17) is 15.2 Å². The van der Waals surface area contributed by atoms with E-state index in [0.717, 1.165) is 31.7 Å². The maximum Gasteiger partial charge on any atom is 0.118 e. The minimum atomic E-state index is 0.428. The van der Waals surface area contributed by atoms with E-state index in [0.29, 0.717) is 12.0 Å². The zero-order valence-corrected chi connectivity index (χ0v) is 11.1. The second-order valence-electron chi connectivity index (χ2n) is 5.02. The number of methoxy groups -OCH3 is 1. The van der Waals surface area contributed by atoms with Crippen molar-refractivity contribution in [1.82, 2.24) is 0 Å². The largest absolute Gasteiger partial charge is 0.497 e. The molecule has 100 valence electrons. The van der Waals surface area contributed by atoms with Gasteiger partial charge in [-0.15, -0.1) is 0 Å². The van der Waals surface area contributed by atoms with Gasteiger partial charge in [-0.3, -0.25) is 0 Å². The normalized spacial score (nSPS) is 20.9. The van der Waals surface area contributed by atoms with Gasteiger partial charge < -0.3 is 15.2 Å². The highest BCUT2D eigenvalue weighted by molar-refractivity contribution is 5.27. The van der Waals surface area contributed by atoms with E-state index in [1.807, 2.05) is 12.1 Å². The molecule has 1 saturated heterocycles. The minimum absolute atomic E-state index is 0.428. The average Bonchev–Trinajstić information content (AvgIpc) is 2.91. The number of hydrogen-bond donors (Lipinski definition) is 1. The summed E-state index contributed by atoms with van der Waals surface area (Å²) >= 11 is 0. The van der Waals surface area contributed by atoms with Crippen LogP contribution in [0.1, 0.15) is 24.8 Å². The third-order valence-electron chi connectivity index (χ3n) is 3.64. The van der Waals surface area contributed by atoms with Crippen LogP contribution in [0.2, 0.25) is 0 Å². The Bertz CT molecular complexity index is 344. The van der Waals surface area contributed by atoms with Crippen LogP contribution in [0.3, 0.4) is 0 Å². The Kier molecular flexibility index (Phi) is 5.02. The van der Waals surface area contributed by atoms with Crippen molar-refractivity contribution in [1.29, 1.82) is 0 Å². The summed E-state index contributed by atoms with van der Waals surface area (Å²) in [5.41, 5.74) is 7.20. The first kappa shape index (κ1) is 13.4. The molecule has 3 nitrogen and oxygen atoms in total. The molecule has 0 saturated carbocycles. The van der Waals surface area contributed by atoms with E-state index in [-0.39, 0.29) is 0 Å². The van der Waals surface area contributed by atoms with Gasteiger partial charge in [-0.2, -0.15) is 0 Å². The van der Waals surface area contributed by atoms with Crippen molar-refractivity contribution in [2.75, 3.05) is 20.3 Å². The zero-order valence-electron chi connectivity index (χ0n) is 11.1. The van der Waals surface area contributed by atoms with Crippen molar-refractivity contribution in [3.05, 3.63) is 29.8 Å². The van der Waals surface area contributed by atoms with E-state index in [1.165, 1.54) is 18.4 Å². The lowest BCUT2D eigenvalue weighted by molar-refractivity contribution is 0.0905. The lowest BCUT2D eigenvalue weighted by Gasteiger charge is -2.18. The van der Waals surface area contributed by atoms with E-state index < -0.39 is 0 Å². The Labute approximate surface area is 109 Å². The Morgan fingerprint density at radius 2 is 2.17 bits per heavy atom. The molecule has 3 heteroatoms. The third-order valence-corrected chi connectivity index (χ3v) is 3.64. The molecule has 1 aliphatic rings. The van der Waals surface area contributed by atoms with Crippen LogP contribution < -0.4 is 10.5 Å². The van der Waals surface area contributed by atoms with E-state index in [1.54, 1.807) is 7.11 Å². The van der Waals surface area contributed by atoms with Crippen LogP contribution in [-0.4, -0.2) is 26.4 Å². The van der Waals surface area contributed by atoms with E-state index in [2.05, 4.69) is 12.1 Å². The maximum absolute atomic E-state index is 5.87. The molecule has 2 atom stereocenters. The van der Waals surface area contributed by atoms with Crippen molar-refractivity contribution in [2.45, 2.75) is 31.8 Å². The molecular weight excluding hydrogens is 226 g/mol. The summed E-state index contributed by atoms with van der Waals surface area (Å²) in [5.74, 6) is 1.42. The van der Waals surface area contributed by atoms with Crippen LogP contribution in [0.25, 0.3) is 0 Å². The SMILES string of the molecule is COc1ccc(CC(CN)CC2CCCO2)cc1. The number of nitrogens with two attached hydrogens (primary N) is 1. The van der Waals surface area contributed by atoms with E-state index >= 15 is 0 Å². The Balaban J connectivity index is 1.87. The van der Waals surface area contributed by atoms with Gasteiger partial charge >= 0.3 is 0 Å². The summed E-state index contributed by atoms with van der Waals surface area (Å²) in [4.78, 5) is 0. The fourth-order valence-electron chi connectivity index (χ4n) is 2.56. The molecule has 2 N–H and O–H groups in total. The van der Waals surface area contributed by atoms with Gasteiger partial charge in [-0.05, 0) is 55.8 Å².